The molecular weight excluding hydrogens is 557 g/mol. The van der Waals surface area contributed by atoms with E-state index in [0.29, 0.717) is 17.8 Å². The molecule has 2 aromatic carbocycles. The maximum atomic E-state index is 13.1. The summed E-state index contributed by atoms with van der Waals surface area (Å²) >= 11 is 5.64. The predicted octanol–water partition coefficient (Wildman–Crippen LogP) is 6.56. The topological polar surface area (TPSA) is 91.3 Å². The number of nitrogens with zero attached hydrogens (tertiary/aromatic N) is 3. The molecule has 8 nitrogen and oxygen atoms in total. The van der Waals surface area contributed by atoms with Crippen molar-refractivity contribution < 1.29 is 22.8 Å². The number of carbonyl (C=O) groups excluding carboxylic acids is 2. The third-order valence-electron chi connectivity index (χ3n) is 6.95. The largest absolute Gasteiger partial charge is 0.417 e. The minimum atomic E-state index is -4.65. The van der Waals surface area contributed by atoms with Crippen LogP contribution in [0.1, 0.15) is 35.2 Å². The van der Waals surface area contributed by atoms with Crippen LogP contribution in [0.3, 0.4) is 0 Å². The molecule has 1 saturated heterocycles. The number of halogens is 4. The molecule has 3 heterocycles. The second-order valence-electron chi connectivity index (χ2n) is 9.78. The lowest BCUT2D eigenvalue weighted by molar-refractivity contribution is -0.137. The predicted molar refractivity (Wildman–Crippen MR) is 153 cm³/mol. The van der Waals surface area contributed by atoms with Crippen LogP contribution in [0.25, 0.3) is 16.6 Å². The van der Waals surface area contributed by atoms with Crippen molar-refractivity contribution in [2.75, 3.05) is 36.8 Å². The summed E-state index contributed by atoms with van der Waals surface area (Å²) in [6.07, 6.45) is 4.08. The van der Waals surface area contributed by atoms with Gasteiger partial charge in [-0.3, -0.25) is 9.78 Å². The molecule has 0 radical (unpaired) electrons. The van der Waals surface area contributed by atoms with Gasteiger partial charge in [0.05, 0.1) is 27.9 Å². The molecule has 0 atom stereocenters. The molecule has 12 heteroatoms. The van der Waals surface area contributed by atoms with Crippen LogP contribution < -0.4 is 16.0 Å². The number of amides is 3. The average Bonchev–Trinajstić information content (AvgIpc) is 3.34. The number of rotatable bonds is 7. The molecule has 0 unspecified atom stereocenters. The molecule has 1 aliphatic rings. The maximum Gasteiger partial charge on any atom is 0.417 e. The molecule has 5 rings (SSSR count). The molecule has 0 bridgehead atoms. The number of fused-ring (bicyclic) bond motifs is 1. The van der Waals surface area contributed by atoms with Crippen LogP contribution in [0.15, 0.2) is 67.1 Å². The Labute approximate surface area is 239 Å². The second kappa shape index (κ2) is 12.2. The third kappa shape index (κ3) is 6.80. The molecule has 41 heavy (non-hydrogen) atoms. The first-order valence-electron chi connectivity index (χ1n) is 13.2. The van der Waals surface area contributed by atoms with E-state index in [-0.39, 0.29) is 11.6 Å². The number of benzene rings is 2. The van der Waals surface area contributed by atoms with Crippen LogP contribution in [0.5, 0.6) is 0 Å². The average molecular weight is 585 g/mol. The summed E-state index contributed by atoms with van der Waals surface area (Å²) in [5.41, 5.74) is 1.34. The molecule has 1 aliphatic heterocycles. The zero-order valence-corrected chi connectivity index (χ0v) is 22.7. The Morgan fingerprint density at radius 2 is 1.66 bits per heavy atom. The normalized spacial score (nSPS) is 14.1. The van der Waals surface area contributed by atoms with Gasteiger partial charge >= 0.3 is 12.2 Å². The van der Waals surface area contributed by atoms with E-state index in [9.17, 15) is 22.8 Å². The van der Waals surface area contributed by atoms with Gasteiger partial charge in [-0.25, -0.2) is 4.79 Å². The highest BCUT2D eigenvalue weighted by Gasteiger charge is 2.33. The first-order valence-corrected chi connectivity index (χ1v) is 13.6. The Bertz CT molecular complexity index is 1550. The van der Waals surface area contributed by atoms with E-state index in [2.05, 4.69) is 25.8 Å². The number of hydrogen-bond acceptors (Lipinski definition) is 4. The van der Waals surface area contributed by atoms with Crippen molar-refractivity contribution in [2.24, 2.45) is 0 Å². The summed E-state index contributed by atoms with van der Waals surface area (Å²) in [5, 5.41) is 8.32. The molecule has 0 spiro atoms. The number of aromatic nitrogens is 2. The minimum absolute atomic E-state index is 0.0520. The third-order valence-corrected chi connectivity index (χ3v) is 7.28. The number of likely N-dealkylation sites (tertiary alicyclic amines) is 1. The molecule has 2 aromatic heterocycles. The van der Waals surface area contributed by atoms with Gasteiger partial charge in [0.2, 0.25) is 0 Å². The number of urea groups is 1. The number of nitrogens with one attached hydrogen (secondary N) is 3. The van der Waals surface area contributed by atoms with Crippen LogP contribution in [-0.2, 0) is 6.18 Å². The summed E-state index contributed by atoms with van der Waals surface area (Å²) in [5.74, 6) is -0.164. The van der Waals surface area contributed by atoms with Gasteiger partial charge in [0, 0.05) is 47.9 Å². The van der Waals surface area contributed by atoms with Gasteiger partial charge in [-0.05, 0) is 74.5 Å². The molecule has 0 aliphatic carbocycles. The quantitative estimate of drug-likeness (QED) is 0.229. The van der Waals surface area contributed by atoms with Crippen LogP contribution in [0.2, 0.25) is 5.02 Å². The Morgan fingerprint density at radius 1 is 0.951 bits per heavy atom. The number of alkyl halides is 3. The molecule has 3 amide bonds. The van der Waals surface area contributed by atoms with E-state index in [1.54, 1.807) is 48.9 Å². The van der Waals surface area contributed by atoms with Crippen LogP contribution in [0.4, 0.5) is 29.3 Å². The summed E-state index contributed by atoms with van der Waals surface area (Å²) in [7, 11) is 0. The Balaban J connectivity index is 1.26. The van der Waals surface area contributed by atoms with Crippen molar-refractivity contribution in [1.29, 1.82) is 0 Å². The van der Waals surface area contributed by atoms with E-state index < -0.39 is 22.8 Å². The Hall–Kier alpha value is -4.09. The van der Waals surface area contributed by atoms with E-state index >= 15 is 0 Å². The monoisotopic (exact) mass is 584 g/mol. The summed E-state index contributed by atoms with van der Waals surface area (Å²) in [4.78, 5) is 32.1. The fourth-order valence-corrected chi connectivity index (χ4v) is 5.12. The highest BCUT2D eigenvalue weighted by Crippen LogP contribution is 2.36. The number of hydrogen-bond donors (Lipinski definition) is 3. The lowest BCUT2D eigenvalue weighted by Gasteiger charge is -2.26. The first-order chi connectivity index (χ1) is 19.7. The van der Waals surface area contributed by atoms with E-state index in [0.717, 1.165) is 48.4 Å². The lowest BCUT2D eigenvalue weighted by Crippen LogP contribution is -2.37. The van der Waals surface area contributed by atoms with E-state index in [1.807, 2.05) is 4.57 Å². The van der Waals surface area contributed by atoms with Gasteiger partial charge in [0.25, 0.3) is 5.91 Å². The van der Waals surface area contributed by atoms with E-state index in [4.69, 9.17) is 11.6 Å². The summed E-state index contributed by atoms with van der Waals surface area (Å²) < 4.78 is 41.2. The number of anilines is 2. The highest BCUT2D eigenvalue weighted by molar-refractivity contribution is 6.31. The Morgan fingerprint density at radius 3 is 2.39 bits per heavy atom. The van der Waals surface area contributed by atoms with Gasteiger partial charge in [-0.15, -0.1) is 0 Å². The smallest absolute Gasteiger partial charge is 0.351 e. The number of pyridine rings is 1. The lowest BCUT2D eigenvalue weighted by atomic mass is 10.1. The fourth-order valence-electron chi connectivity index (χ4n) is 4.89. The summed E-state index contributed by atoms with van der Waals surface area (Å²) in [6.45, 7) is 3.50. The van der Waals surface area contributed by atoms with Gasteiger partial charge in [-0.1, -0.05) is 18.0 Å². The number of carbonyl (C=O) groups is 2. The van der Waals surface area contributed by atoms with Gasteiger partial charge < -0.3 is 25.4 Å². The second-order valence-corrected chi connectivity index (χ2v) is 10.2. The van der Waals surface area contributed by atoms with Crippen molar-refractivity contribution in [3.63, 3.8) is 0 Å². The van der Waals surface area contributed by atoms with Crippen LogP contribution in [0, 0.1) is 0 Å². The molecule has 1 fully saturated rings. The van der Waals surface area contributed by atoms with Crippen LogP contribution in [-0.4, -0.2) is 52.6 Å². The fraction of sp³-hybridized carbons (Fsp3) is 0.276. The minimum Gasteiger partial charge on any atom is -0.351 e. The van der Waals surface area contributed by atoms with Gasteiger partial charge in [0.1, 0.15) is 0 Å². The van der Waals surface area contributed by atoms with Crippen molar-refractivity contribution in [2.45, 2.75) is 25.4 Å². The van der Waals surface area contributed by atoms with Crippen molar-refractivity contribution in [3.05, 3.63) is 83.3 Å². The van der Waals surface area contributed by atoms with E-state index in [1.165, 1.54) is 25.3 Å². The standard InChI is InChI=1S/C29H28ClF3N6O2/c30-25-9-6-20(16-24(25)29(31,32)33)37-28(41)36-19-4-7-21(8-5-19)39-18-23(22-10-11-34-17-26(22)39)27(40)35-12-15-38-13-2-1-3-14-38/h4-11,16-18H,1-3,12-15H2,(H,35,40)(H2,36,37,41). The molecular formula is C29H28ClF3N6O2. The van der Waals surface area contributed by atoms with Gasteiger partial charge in [0.15, 0.2) is 0 Å². The number of piperidine rings is 1. The Kier molecular flexibility index (Phi) is 8.46. The van der Waals surface area contributed by atoms with Gasteiger partial charge in [-0.2, -0.15) is 13.2 Å². The zero-order valence-electron chi connectivity index (χ0n) is 22.0. The molecule has 214 valence electrons. The molecule has 3 N–H and O–H groups in total. The summed E-state index contributed by atoms with van der Waals surface area (Å²) in [6, 6.07) is 11.0. The zero-order chi connectivity index (χ0) is 29.0. The SMILES string of the molecule is O=C(Nc1ccc(-n2cc(C(=O)NCCN3CCCCC3)c3ccncc32)cc1)Nc1ccc(Cl)c(C(F)(F)F)c1. The molecule has 0 saturated carbocycles. The maximum absolute atomic E-state index is 13.1. The molecule has 4 aromatic rings. The van der Waals surface area contributed by atoms with Crippen LogP contribution >= 0.6 is 11.6 Å². The highest BCUT2D eigenvalue weighted by atomic mass is 35.5. The first kappa shape index (κ1) is 28.4. The van der Waals surface area contributed by atoms with Crippen molar-refractivity contribution >= 4 is 45.8 Å². The van der Waals surface area contributed by atoms with Crippen molar-refractivity contribution in [3.8, 4) is 5.69 Å². The van der Waals surface area contributed by atoms with Crippen molar-refractivity contribution in [1.82, 2.24) is 19.8 Å².